The first-order valence-electron chi connectivity index (χ1n) is 8.64. The summed E-state index contributed by atoms with van der Waals surface area (Å²) < 4.78 is 52.9. The van der Waals surface area contributed by atoms with Crippen molar-refractivity contribution in [2.24, 2.45) is 0 Å². The lowest BCUT2D eigenvalue weighted by Gasteiger charge is -2.17. The Labute approximate surface area is 167 Å². The van der Waals surface area contributed by atoms with E-state index >= 15 is 0 Å². The first-order valence-corrected chi connectivity index (χ1v) is 10.1. The Kier molecular flexibility index (Phi) is 6.05. The van der Waals surface area contributed by atoms with Crippen LogP contribution in [0.3, 0.4) is 0 Å². The van der Waals surface area contributed by atoms with Crippen LogP contribution in [0.4, 0.5) is 14.5 Å². The quantitative estimate of drug-likeness (QED) is 0.660. The molecule has 1 N–H and O–H groups in total. The summed E-state index contributed by atoms with van der Waals surface area (Å²) in [6.45, 7) is 0.220. The summed E-state index contributed by atoms with van der Waals surface area (Å²) in [6, 6.07) is 17.6. The Hall–Kier alpha value is -3.10. The second-order valence-corrected chi connectivity index (χ2v) is 8.40. The van der Waals surface area contributed by atoms with E-state index in [4.69, 9.17) is 0 Å². The third-order valence-corrected chi connectivity index (χ3v) is 6.07. The highest BCUT2D eigenvalue weighted by Gasteiger charge is 2.21. The lowest BCUT2D eigenvalue weighted by molar-refractivity contribution is 0.102. The minimum Gasteiger partial charge on any atom is -0.322 e. The summed E-state index contributed by atoms with van der Waals surface area (Å²) in [7, 11) is -2.23. The van der Waals surface area contributed by atoms with Crippen LogP contribution in [0.25, 0.3) is 0 Å². The number of rotatable bonds is 6. The molecule has 0 saturated heterocycles. The highest BCUT2D eigenvalue weighted by Crippen LogP contribution is 2.20. The first-order chi connectivity index (χ1) is 13.8. The summed E-state index contributed by atoms with van der Waals surface area (Å²) in [5.74, 6) is -2.81. The van der Waals surface area contributed by atoms with Crippen LogP contribution < -0.4 is 5.32 Å². The zero-order valence-corrected chi connectivity index (χ0v) is 16.3. The van der Waals surface area contributed by atoms with Crippen molar-refractivity contribution in [3.8, 4) is 0 Å². The van der Waals surface area contributed by atoms with Crippen LogP contribution in [0.15, 0.2) is 77.7 Å². The van der Waals surface area contributed by atoms with Crippen LogP contribution >= 0.6 is 0 Å². The molecule has 0 aliphatic carbocycles. The third kappa shape index (κ3) is 4.85. The smallest absolute Gasteiger partial charge is 0.255 e. The summed E-state index contributed by atoms with van der Waals surface area (Å²) in [5, 5.41) is 2.52. The van der Waals surface area contributed by atoms with Gasteiger partial charge in [-0.05, 0) is 48.0 Å². The SMILES string of the molecule is CN(Cc1ccccc1)S(=O)(=O)c1ccc(NC(=O)c2ccc(F)c(F)c2)cc1. The number of carbonyl (C=O) groups excluding carboxylic acids is 1. The third-order valence-electron chi connectivity index (χ3n) is 4.25. The number of anilines is 1. The number of amides is 1. The van der Waals surface area contributed by atoms with Gasteiger partial charge in [0, 0.05) is 24.8 Å². The molecule has 0 unspecified atom stereocenters. The number of nitrogens with zero attached hydrogens (tertiary/aromatic N) is 1. The van der Waals surface area contributed by atoms with Crippen LogP contribution in [-0.2, 0) is 16.6 Å². The molecule has 29 heavy (non-hydrogen) atoms. The van der Waals surface area contributed by atoms with Crippen LogP contribution in [0.1, 0.15) is 15.9 Å². The molecule has 0 fully saturated rings. The van der Waals surface area contributed by atoms with Crippen molar-refractivity contribution in [3.63, 3.8) is 0 Å². The largest absolute Gasteiger partial charge is 0.322 e. The molecule has 150 valence electrons. The lowest BCUT2D eigenvalue weighted by atomic mass is 10.2. The number of carbonyl (C=O) groups is 1. The maximum atomic E-state index is 13.3. The second-order valence-electron chi connectivity index (χ2n) is 6.35. The molecular formula is C21H18F2N2O3S. The minimum atomic E-state index is -3.72. The maximum absolute atomic E-state index is 13.3. The molecule has 3 rings (SSSR count). The molecule has 0 heterocycles. The van der Waals surface area contributed by atoms with E-state index in [-0.39, 0.29) is 17.0 Å². The lowest BCUT2D eigenvalue weighted by Crippen LogP contribution is -2.26. The van der Waals surface area contributed by atoms with Gasteiger partial charge in [-0.15, -0.1) is 0 Å². The summed E-state index contributed by atoms with van der Waals surface area (Å²) >= 11 is 0. The van der Waals surface area contributed by atoms with E-state index in [1.165, 1.54) is 35.6 Å². The zero-order valence-electron chi connectivity index (χ0n) is 15.5. The molecule has 8 heteroatoms. The monoisotopic (exact) mass is 416 g/mol. The standard InChI is InChI=1S/C21H18F2N2O3S/c1-25(14-15-5-3-2-4-6-15)29(27,28)18-10-8-17(9-11-18)24-21(26)16-7-12-19(22)20(23)13-16/h2-13H,14H2,1H3,(H,24,26). The van der Waals surface area contributed by atoms with Crippen molar-refractivity contribution < 1.29 is 22.0 Å². The van der Waals surface area contributed by atoms with E-state index in [9.17, 15) is 22.0 Å². The molecular weight excluding hydrogens is 398 g/mol. The molecule has 5 nitrogen and oxygen atoms in total. The molecule has 0 bridgehead atoms. The van der Waals surface area contributed by atoms with E-state index in [2.05, 4.69) is 5.32 Å². The molecule has 3 aromatic carbocycles. The van der Waals surface area contributed by atoms with Crippen LogP contribution in [0.5, 0.6) is 0 Å². The molecule has 3 aromatic rings. The molecule has 0 aromatic heterocycles. The van der Waals surface area contributed by atoms with Gasteiger partial charge in [0.2, 0.25) is 10.0 Å². The maximum Gasteiger partial charge on any atom is 0.255 e. The van der Waals surface area contributed by atoms with Gasteiger partial charge in [0.15, 0.2) is 11.6 Å². The number of sulfonamides is 1. The molecule has 0 radical (unpaired) electrons. The van der Waals surface area contributed by atoms with Crippen molar-refractivity contribution in [2.75, 3.05) is 12.4 Å². The van der Waals surface area contributed by atoms with E-state index < -0.39 is 27.6 Å². The van der Waals surface area contributed by atoms with Crippen molar-refractivity contribution in [2.45, 2.75) is 11.4 Å². The fourth-order valence-corrected chi connectivity index (χ4v) is 3.82. The average molecular weight is 416 g/mol. The van der Waals surface area contributed by atoms with Gasteiger partial charge in [-0.3, -0.25) is 4.79 Å². The van der Waals surface area contributed by atoms with Gasteiger partial charge in [0.05, 0.1) is 4.90 Å². The van der Waals surface area contributed by atoms with Gasteiger partial charge in [0.1, 0.15) is 0 Å². The van der Waals surface area contributed by atoms with E-state index in [0.29, 0.717) is 5.69 Å². The highest BCUT2D eigenvalue weighted by molar-refractivity contribution is 7.89. The van der Waals surface area contributed by atoms with Crippen molar-refractivity contribution >= 4 is 21.6 Å². The highest BCUT2D eigenvalue weighted by atomic mass is 32.2. The molecule has 0 atom stereocenters. The van der Waals surface area contributed by atoms with E-state index in [1.807, 2.05) is 30.3 Å². The van der Waals surface area contributed by atoms with Gasteiger partial charge in [-0.1, -0.05) is 30.3 Å². The van der Waals surface area contributed by atoms with Crippen LogP contribution in [0.2, 0.25) is 0 Å². The van der Waals surface area contributed by atoms with Gasteiger partial charge < -0.3 is 5.32 Å². The number of benzene rings is 3. The number of halogens is 2. The minimum absolute atomic E-state index is 0.0526. The van der Waals surface area contributed by atoms with Crippen molar-refractivity contribution in [1.82, 2.24) is 4.31 Å². The zero-order chi connectivity index (χ0) is 21.0. The Morgan fingerprint density at radius 1 is 0.931 bits per heavy atom. The predicted molar refractivity (Wildman–Crippen MR) is 106 cm³/mol. The van der Waals surface area contributed by atoms with E-state index in [0.717, 1.165) is 23.8 Å². The number of hydrogen-bond donors (Lipinski definition) is 1. The van der Waals surface area contributed by atoms with Gasteiger partial charge in [-0.2, -0.15) is 4.31 Å². The molecule has 0 aliphatic heterocycles. The van der Waals surface area contributed by atoms with Gasteiger partial charge >= 0.3 is 0 Å². The fourth-order valence-electron chi connectivity index (χ4n) is 2.66. The van der Waals surface area contributed by atoms with E-state index in [1.54, 1.807) is 0 Å². The number of nitrogens with one attached hydrogen (secondary N) is 1. The summed E-state index contributed by atoms with van der Waals surface area (Å²) in [5.41, 5.74) is 1.13. The molecule has 0 saturated carbocycles. The summed E-state index contributed by atoms with van der Waals surface area (Å²) in [6.07, 6.45) is 0. The van der Waals surface area contributed by atoms with Crippen molar-refractivity contribution in [1.29, 1.82) is 0 Å². The Morgan fingerprint density at radius 3 is 2.21 bits per heavy atom. The second kappa shape index (κ2) is 8.50. The van der Waals surface area contributed by atoms with Crippen molar-refractivity contribution in [3.05, 3.63) is 95.6 Å². The Balaban J connectivity index is 1.71. The van der Waals surface area contributed by atoms with Crippen LogP contribution in [0, 0.1) is 11.6 Å². The Bertz CT molecular complexity index is 1120. The average Bonchev–Trinajstić information content (AvgIpc) is 2.71. The van der Waals surface area contributed by atoms with Gasteiger partial charge in [-0.25, -0.2) is 17.2 Å². The number of hydrogen-bond acceptors (Lipinski definition) is 3. The Morgan fingerprint density at radius 2 is 1.59 bits per heavy atom. The predicted octanol–water partition coefficient (Wildman–Crippen LogP) is 4.04. The summed E-state index contributed by atoms with van der Waals surface area (Å²) in [4.78, 5) is 12.2. The first kappa shape index (κ1) is 20.6. The normalized spacial score (nSPS) is 11.4. The van der Waals surface area contributed by atoms with Crippen LogP contribution in [-0.4, -0.2) is 25.7 Å². The molecule has 0 aliphatic rings. The van der Waals surface area contributed by atoms with Gasteiger partial charge in [0.25, 0.3) is 5.91 Å². The molecule has 1 amide bonds. The molecule has 0 spiro atoms. The fraction of sp³-hybridized carbons (Fsp3) is 0.0952. The topological polar surface area (TPSA) is 66.5 Å².